The largest absolute Gasteiger partial charge is 0.463 e. The predicted molar refractivity (Wildman–Crippen MR) is 66.9 cm³/mol. The van der Waals surface area contributed by atoms with E-state index in [2.05, 4.69) is 12.2 Å². The first-order valence-corrected chi connectivity index (χ1v) is 6.74. The van der Waals surface area contributed by atoms with Crippen LogP contribution in [0.1, 0.15) is 46.0 Å². The third-order valence-corrected chi connectivity index (χ3v) is 2.97. The molecule has 1 fully saturated rings. The molecule has 100 valence electrons. The molecule has 0 aromatic carbocycles. The van der Waals surface area contributed by atoms with Crippen LogP contribution >= 0.6 is 0 Å². The molecule has 1 saturated heterocycles. The molecule has 0 bridgehead atoms. The van der Waals surface area contributed by atoms with Crippen molar-refractivity contribution in [3.05, 3.63) is 0 Å². The summed E-state index contributed by atoms with van der Waals surface area (Å²) in [4.78, 5) is 11.5. The molecule has 0 spiro atoms. The second kappa shape index (κ2) is 8.48. The van der Waals surface area contributed by atoms with Gasteiger partial charge < -0.3 is 14.8 Å². The third-order valence-electron chi connectivity index (χ3n) is 2.97. The number of nitrogens with one attached hydrogen (secondary N) is 1. The Labute approximate surface area is 104 Å². The highest BCUT2D eigenvalue weighted by molar-refractivity contribution is 5.69. The Morgan fingerprint density at radius 3 is 2.76 bits per heavy atom. The average Bonchev–Trinajstić information content (AvgIpc) is 2.30. The Kier molecular flexibility index (Phi) is 7.21. The molecule has 0 aliphatic carbocycles. The molecular formula is C13H25NO3. The molecule has 1 unspecified atom stereocenters. The van der Waals surface area contributed by atoms with Crippen LogP contribution in [0, 0.1) is 0 Å². The van der Waals surface area contributed by atoms with Gasteiger partial charge >= 0.3 is 5.97 Å². The zero-order valence-corrected chi connectivity index (χ0v) is 11.0. The Morgan fingerprint density at radius 1 is 1.41 bits per heavy atom. The number of hydrogen-bond donors (Lipinski definition) is 1. The van der Waals surface area contributed by atoms with Crippen LogP contribution in [0.4, 0.5) is 0 Å². The summed E-state index contributed by atoms with van der Waals surface area (Å²) in [5.41, 5.74) is 0. The molecule has 1 heterocycles. The van der Waals surface area contributed by atoms with Gasteiger partial charge in [0.2, 0.25) is 0 Å². The van der Waals surface area contributed by atoms with E-state index in [-0.39, 0.29) is 12.1 Å². The lowest BCUT2D eigenvalue weighted by atomic mass is 10.1. The van der Waals surface area contributed by atoms with E-state index in [1.165, 1.54) is 0 Å². The minimum atomic E-state index is -0.139. The standard InChI is InChI=1S/C13H25NO3/c1-3-4-11(2)17-13(15)7-10-16-12-5-8-14-9-6-12/h11-12,14H,3-10H2,1-2H3. The number of piperidine rings is 1. The third kappa shape index (κ3) is 6.64. The fraction of sp³-hybridized carbons (Fsp3) is 0.923. The molecule has 0 radical (unpaired) electrons. The molecule has 1 rings (SSSR count). The van der Waals surface area contributed by atoms with E-state index < -0.39 is 0 Å². The Morgan fingerprint density at radius 2 is 2.12 bits per heavy atom. The number of ether oxygens (including phenoxy) is 2. The van der Waals surface area contributed by atoms with E-state index in [0.29, 0.717) is 19.1 Å². The minimum absolute atomic E-state index is 0.0337. The van der Waals surface area contributed by atoms with Gasteiger partial charge in [0.05, 0.1) is 25.2 Å². The zero-order valence-electron chi connectivity index (χ0n) is 11.0. The molecule has 0 aromatic heterocycles. The van der Waals surface area contributed by atoms with Crippen molar-refractivity contribution in [1.29, 1.82) is 0 Å². The van der Waals surface area contributed by atoms with Crippen molar-refractivity contribution in [2.75, 3.05) is 19.7 Å². The molecule has 4 nitrogen and oxygen atoms in total. The van der Waals surface area contributed by atoms with Crippen LogP contribution in [-0.2, 0) is 14.3 Å². The molecular weight excluding hydrogens is 218 g/mol. The van der Waals surface area contributed by atoms with Gasteiger partial charge in [0, 0.05) is 0 Å². The van der Waals surface area contributed by atoms with Gasteiger partial charge in [-0.3, -0.25) is 4.79 Å². The maximum Gasteiger partial charge on any atom is 0.308 e. The van der Waals surface area contributed by atoms with Gasteiger partial charge in [-0.1, -0.05) is 13.3 Å². The van der Waals surface area contributed by atoms with Crippen molar-refractivity contribution in [2.45, 2.75) is 58.2 Å². The highest BCUT2D eigenvalue weighted by Crippen LogP contribution is 2.08. The van der Waals surface area contributed by atoms with Crippen LogP contribution in [0.2, 0.25) is 0 Å². The van der Waals surface area contributed by atoms with E-state index in [1.54, 1.807) is 0 Å². The van der Waals surface area contributed by atoms with Gasteiger partial charge in [-0.05, 0) is 39.3 Å². The molecule has 1 atom stereocenters. The van der Waals surface area contributed by atoms with Crippen molar-refractivity contribution in [1.82, 2.24) is 5.32 Å². The fourth-order valence-electron chi connectivity index (χ4n) is 2.02. The van der Waals surface area contributed by atoms with Crippen LogP contribution in [0.25, 0.3) is 0 Å². The second-order valence-electron chi connectivity index (χ2n) is 4.66. The summed E-state index contributed by atoms with van der Waals surface area (Å²) in [6.07, 6.45) is 4.78. The number of rotatable bonds is 7. The molecule has 4 heteroatoms. The number of esters is 1. The number of carbonyl (C=O) groups is 1. The molecule has 1 N–H and O–H groups in total. The highest BCUT2D eigenvalue weighted by Gasteiger charge is 2.14. The van der Waals surface area contributed by atoms with E-state index >= 15 is 0 Å². The zero-order chi connectivity index (χ0) is 12.5. The van der Waals surface area contributed by atoms with Crippen molar-refractivity contribution in [3.8, 4) is 0 Å². The maximum absolute atomic E-state index is 11.5. The van der Waals surface area contributed by atoms with Gasteiger partial charge in [0.15, 0.2) is 0 Å². The maximum atomic E-state index is 11.5. The van der Waals surface area contributed by atoms with Crippen molar-refractivity contribution in [3.63, 3.8) is 0 Å². The summed E-state index contributed by atoms with van der Waals surface area (Å²) in [6, 6.07) is 0. The summed E-state index contributed by atoms with van der Waals surface area (Å²) in [5.74, 6) is -0.139. The minimum Gasteiger partial charge on any atom is -0.463 e. The summed E-state index contributed by atoms with van der Waals surface area (Å²) < 4.78 is 10.9. The van der Waals surface area contributed by atoms with E-state index in [4.69, 9.17) is 9.47 Å². The van der Waals surface area contributed by atoms with Gasteiger partial charge in [-0.25, -0.2) is 0 Å². The molecule has 0 saturated carbocycles. The molecule has 1 aliphatic heterocycles. The lowest BCUT2D eigenvalue weighted by Crippen LogP contribution is -2.33. The predicted octanol–water partition coefficient (Wildman–Crippen LogP) is 1.88. The number of hydrogen-bond acceptors (Lipinski definition) is 4. The van der Waals surface area contributed by atoms with E-state index in [1.807, 2.05) is 6.92 Å². The van der Waals surface area contributed by atoms with Crippen LogP contribution in [0.15, 0.2) is 0 Å². The fourth-order valence-corrected chi connectivity index (χ4v) is 2.02. The Hall–Kier alpha value is -0.610. The molecule has 17 heavy (non-hydrogen) atoms. The van der Waals surface area contributed by atoms with Gasteiger partial charge in [0.1, 0.15) is 0 Å². The van der Waals surface area contributed by atoms with Gasteiger partial charge in [0.25, 0.3) is 0 Å². The van der Waals surface area contributed by atoms with Crippen LogP contribution in [-0.4, -0.2) is 37.9 Å². The quantitative estimate of drug-likeness (QED) is 0.694. The molecule has 0 aromatic rings. The van der Waals surface area contributed by atoms with E-state index in [9.17, 15) is 4.79 Å². The summed E-state index contributed by atoms with van der Waals surface area (Å²) in [5, 5.41) is 3.28. The van der Waals surface area contributed by atoms with Crippen molar-refractivity contribution >= 4 is 5.97 Å². The smallest absolute Gasteiger partial charge is 0.308 e. The molecule has 1 aliphatic rings. The van der Waals surface area contributed by atoms with Gasteiger partial charge in [-0.15, -0.1) is 0 Å². The van der Waals surface area contributed by atoms with E-state index in [0.717, 1.165) is 38.8 Å². The lowest BCUT2D eigenvalue weighted by molar-refractivity contribution is -0.150. The lowest BCUT2D eigenvalue weighted by Gasteiger charge is -2.22. The summed E-state index contributed by atoms with van der Waals surface area (Å²) >= 11 is 0. The Balaban J connectivity index is 2.03. The summed E-state index contributed by atoms with van der Waals surface area (Å²) in [6.45, 7) is 6.55. The monoisotopic (exact) mass is 243 g/mol. The first kappa shape index (κ1) is 14.5. The Bertz CT molecular complexity index is 215. The first-order chi connectivity index (χ1) is 8.22. The SMILES string of the molecule is CCCC(C)OC(=O)CCOC1CCNCC1. The normalized spacial score (nSPS) is 18.9. The first-order valence-electron chi connectivity index (χ1n) is 6.74. The van der Waals surface area contributed by atoms with Crippen LogP contribution in [0.3, 0.4) is 0 Å². The number of carbonyl (C=O) groups excluding carboxylic acids is 1. The molecule has 0 amide bonds. The second-order valence-corrected chi connectivity index (χ2v) is 4.66. The van der Waals surface area contributed by atoms with Crippen LogP contribution in [0.5, 0.6) is 0 Å². The van der Waals surface area contributed by atoms with Crippen molar-refractivity contribution < 1.29 is 14.3 Å². The highest BCUT2D eigenvalue weighted by atomic mass is 16.5. The topological polar surface area (TPSA) is 47.6 Å². The summed E-state index contributed by atoms with van der Waals surface area (Å²) in [7, 11) is 0. The van der Waals surface area contributed by atoms with Crippen molar-refractivity contribution in [2.24, 2.45) is 0 Å². The van der Waals surface area contributed by atoms with Crippen LogP contribution < -0.4 is 5.32 Å². The average molecular weight is 243 g/mol. The van der Waals surface area contributed by atoms with Gasteiger partial charge in [-0.2, -0.15) is 0 Å².